The number of nitrogens with zero attached hydrogens (tertiary/aromatic N) is 3. The SMILES string of the molecule is CC(C)[C@@H](NC(=O)c1ccnc(N2CCN(C)CC2)c1)C(=O)O. The van der Waals surface area contributed by atoms with Gasteiger partial charge in [0.2, 0.25) is 0 Å². The first-order valence-electron chi connectivity index (χ1n) is 7.81. The highest BCUT2D eigenvalue weighted by atomic mass is 16.4. The number of carboxylic acids is 1. The lowest BCUT2D eigenvalue weighted by molar-refractivity contribution is -0.140. The summed E-state index contributed by atoms with van der Waals surface area (Å²) in [5.41, 5.74) is 0.431. The minimum atomic E-state index is -1.03. The van der Waals surface area contributed by atoms with Crippen molar-refractivity contribution in [1.82, 2.24) is 15.2 Å². The van der Waals surface area contributed by atoms with Gasteiger partial charge in [0.25, 0.3) is 5.91 Å². The molecule has 1 aromatic heterocycles. The van der Waals surface area contributed by atoms with Crippen LogP contribution in [0.2, 0.25) is 0 Å². The Morgan fingerprint density at radius 3 is 2.48 bits per heavy atom. The highest BCUT2D eigenvalue weighted by Gasteiger charge is 2.24. The second-order valence-electron chi connectivity index (χ2n) is 6.23. The van der Waals surface area contributed by atoms with Crippen LogP contribution in [0.1, 0.15) is 24.2 Å². The molecule has 7 heteroatoms. The van der Waals surface area contributed by atoms with Crippen molar-refractivity contribution in [1.29, 1.82) is 0 Å². The molecule has 1 aliphatic rings. The number of piperazine rings is 1. The molecule has 7 nitrogen and oxygen atoms in total. The lowest BCUT2D eigenvalue weighted by Crippen LogP contribution is -2.45. The molecule has 1 amide bonds. The number of hydrogen-bond donors (Lipinski definition) is 2. The molecule has 126 valence electrons. The standard InChI is InChI=1S/C16H24N4O3/c1-11(2)14(16(22)23)18-15(21)12-4-5-17-13(10-12)20-8-6-19(3)7-9-20/h4-5,10-11,14H,6-9H2,1-3H3,(H,18,21)(H,22,23)/t14-/m1/s1. The number of amides is 1. The summed E-state index contributed by atoms with van der Waals surface area (Å²) in [6.45, 7) is 7.15. The molecular weight excluding hydrogens is 296 g/mol. The van der Waals surface area contributed by atoms with E-state index in [1.54, 1.807) is 32.2 Å². The van der Waals surface area contributed by atoms with E-state index in [2.05, 4.69) is 27.1 Å². The summed E-state index contributed by atoms with van der Waals surface area (Å²) in [4.78, 5) is 32.2. The third-order valence-corrected chi connectivity index (χ3v) is 4.05. The number of aliphatic carboxylic acids is 1. The zero-order valence-electron chi connectivity index (χ0n) is 13.8. The fourth-order valence-electron chi connectivity index (χ4n) is 2.51. The topological polar surface area (TPSA) is 85.8 Å². The highest BCUT2D eigenvalue weighted by molar-refractivity contribution is 5.97. The van der Waals surface area contributed by atoms with Crippen LogP contribution in [-0.4, -0.2) is 66.1 Å². The molecule has 2 heterocycles. The highest BCUT2D eigenvalue weighted by Crippen LogP contribution is 2.15. The molecule has 1 saturated heterocycles. The van der Waals surface area contributed by atoms with Crippen molar-refractivity contribution in [3.8, 4) is 0 Å². The maximum Gasteiger partial charge on any atom is 0.326 e. The van der Waals surface area contributed by atoms with Crippen molar-refractivity contribution in [3.05, 3.63) is 23.9 Å². The maximum atomic E-state index is 12.3. The van der Waals surface area contributed by atoms with Gasteiger partial charge in [-0.15, -0.1) is 0 Å². The number of carbonyl (C=O) groups is 2. The lowest BCUT2D eigenvalue weighted by atomic mass is 10.0. The predicted octanol–water partition coefficient (Wildman–Crippen LogP) is 0.672. The van der Waals surface area contributed by atoms with Crippen LogP contribution in [0, 0.1) is 5.92 Å². The zero-order valence-corrected chi connectivity index (χ0v) is 13.8. The molecule has 0 unspecified atom stereocenters. The van der Waals surface area contributed by atoms with Crippen molar-refractivity contribution in [2.24, 2.45) is 5.92 Å². The van der Waals surface area contributed by atoms with Crippen molar-refractivity contribution in [2.45, 2.75) is 19.9 Å². The van der Waals surface area contributed by atoms with Crippen molar-refractivity contribution >= 4 is 17.7 Å². The van der Waals surface area contributed by atoms with Gasteiger partial charge < -0.3 is 20.2 Å². The molecule has 0 bridgehead atoms. The van der Waals surface area contributed by atoms with E-state index < -0.39 is 12.0 Å². The first kappa shape index (κ1) is 17.2. The number of aromatic nitrogens is 1. The molecule has 1 aromatic rings. The Kier molecular flexibility index (Phi) is 5.54. The number of likely N-dealkylation sites (N-methyl/N-ethyl adjacent to an activating group) is 1. The number of carboxylic acid groups (broad SMARTS) is 1. The van der Waals surface area contributed by atoms with Gasteiger partial charge in [0.15, 0.2) is 0 Å². The Balaban J connectivity index is 2.09. The van der Waals surface area contributed by atoms with Crippen LogP contribution in [0.4, 0.5) is 5.82 Å². The number of hydrogen-bond acceptors (Lipinski definition) is 5. The fraction of sp³-hybridized carbons (Fsp3) is 0.562. The van der Waals surface area contributed by atoms with E-state index in [9.17, 15) is 14.7 Å². The molecule has 0 spiro atoms. The van der Waals surface area contributed by atoms with Crippen LogP contribution >= 0.6 is 0 Å². The second-order valence-corrected chi connectivity index (χ2v) is 6.23. The van der Waals surface area contributed by atoms with Gasteiger partial charge in [-0.3, -0.25) is 4.79 Å². The minimum absolute atomic E-state index is 0.185. The minimum Gasteiger partial charge on any atom is -0.480 e. The summed E-state index contributed by atoms with van der Waals surface area (Å²) in [6, 6.07) is 2.43. The van der Waals surface area contributed by atoms with E-state index in [0.29, 0.717) is 5.56 Å². The molecular formula is C16H24N4O3. The Bertz CT molecular complexity index is 568. The van der Waals surface area contributed by atoms with E-state index in [1.807, 2.05) is 0 Å². The van der Waals surface area contributed by atoms with Gasteiger partial charge in [0, 0.05) is 37.9 Å². The average Bonchev–Trinajstić information content (AvgIpc) is 2.52. The van der Waals surface area contributed by atoms with Crippen LogP contribution in [0.15, 0.2) is 18.3 Å². The Labute approximate surface area is 136 Å². The van der Waals surface area contributed by atoms with E-state index in [0.717, 1.165) is 32.0 Å². The first-order valence-corrected chi connectivity index (χ1v) is 7.81. The van der Waals surface area contributed by atoms with Gasteiger partial charge >= 0.3 is 5.97 Å². The first-order chi connectivity index (χ1) is 10.9. The van der Waals surface area contributed by atoms with Gasteiger partial charge in [-0.2, -0.15) is 0 Å². The summed E-state index contributed by atoms with van der Waals surface area (Å²) in [5, 5.41) is 11.8. The lowest BCUT2D eigenvalue weighted by Gasteiger charge is -2.33. The molecule has 1 aliphatic heterocycles. The number of pyridine rings is 1. The summed E-state index contributed by atoms with van der Waals surface area (Å²) in [6.07, 6.45) is 1.59. The Morgan fingerprint density at radius 1 is 1.26 bits per heavy atom. The smallest absolute Gasteiger partial charge is 0.326 e. The Hall–Kier alpha value is -2.15. The van der Waals surface area contributed by atoms with Gasteiger partial charge in [-0.1, -0.05) is 13.8 Å². The maximum absolute atomic E-state index is 12.3. The molecule has 2 N–H and O–H groups in total. The molecule has 23 heavy (non-hydrogen) atoms. The third kappa shape index (κ3) is 4.41. The average molecular weight is 320 g/mol. The number of anilines is 1. The largest absolute Gasteiger partial charge is 0.480 e. The van der Waals surface area contributed by atoms with Gasteiger partial charge in [0.05, 0.1) is 0 Å². The summed E-state index contributed by atoms with van der Waals surface area (Å²) < 4.78 is 0. The molecule has 0 radical (unpaired) electrons. The number of carbonyl (C=O) groups excluding carboxylic acids is 1. The summed E-state index contributed by atoms with van der Waals surface area (Å²) >= 11 is 0. The van der Waals surface area contributed by atoms with Crippen molar-refractivity contribution < 1.29 is 14.7 Å². The third-order valence-electron chi connectivity index (χ3n) is 4.05. The van der Waals surface area contributed by atoms with Gasteiger partial charge in [0.1, 0.15) is 11.9 Å². The quantitative estimate of drug-likeness (QED) is 0.829. The van der Waals surface area contributed by atoms with Crippen LogP contribution in [0.5, 0.6) is 0 Å². The summed E-state index contributed by atoms with van der Waals surface area (Å²) in [7, 11) is 2.08. The van der Waals surface area contributed by atoms with Crippen molar-refractivity contribution in [2.75, 3.05) is 38.1 Å². The van der Waals surface area contributed by atoms with E-state index in [4.69, 9.17) is 0 Å². The van der Waals surface area contributed by atoms with Crippen LogP contribution in [-0.2, 0) is 4.79 Å². The van der Waals surface area contributed by atoms with E-state index in [1.165, 1.54) is 0 Å². The Morgan fingerprint density at radius 2 is 1.91 bits per heavy atom. The van der Waals surface area contributed by atoms with E-state index in [-0.39, 0.29) is 11.8 Å². The molecule has 0 saturated carbocycles. The molecule has 0 aliphatic carbocycles. The number of rotatable bonds is 5. The van der Waals surface area contributed by atoms with E-state index >= 15 is 0 Å². The van der Waals surface area contributed by atoms with Crippen LogP contribution in [0.3, 0.4) is 0 Å². The fourth-order valence-corrected chi connectivity index (χ4v) is 2.51. The molecule has 0 aromatic carbocycles. The van der Waals surface area contributed by atoms with Gasteiger partial charge in [-0.25, -0.2) is 9.78 Å². The molecule has 1 atom stereocenters. The molecule has 2 rings (SSSR count). The zero-order chi connectivity index (χ0) is 17.0. The molecule has 1 fully saturated rings. The summed E-state index contributed by atoms with van der Waals surface area (Å²) in [5.74, 6) is -0.844. The number of nitrogens with one attached hydrogen (secondary N) is 1. The van der Waals surface area contributed by atoms with Crippen LogP contribution < -0.4 is 10.2 Å². The van der Waals surface area contributed by atoms with Crippen molar-refractivity contribution in [3.63, 3.8) is 0 Å². The predicted molar refractivity (Wildman–Crippen MR) is 87.7 cm³/mol. The second kappa shape index (κ2) is 7.41. The van der Waals surface area contributed by atoms with Gasteiger partial charge in [-0.05, 0) is 25.1 Å². The monoisotopic (exact) mass is 320 g/mol. The van der Waals surface area contributed by atoms with Crippen LogP contribution in [0.25, 0.3) is 0 Å². The normalized spacial score (nSPS) is 17.1.